The van der Waals surface area contributed by atoms with Crippen LogP contribution in [0.2, 0.25) is 0 Å². The molecule has 0 radical (unpaired) electrons. The van der Waals surface area contributed by atoms with Crippen LogP contribution in [0, 0.1) is 16.7 Å². The summed E-state index contributed by atoms with van der Waals surface area (Å²) in [4.78, 5) is 30.6. The molecule has 2 heterocycles. The molecule has 4 aliphatic carbocycles. The molecule has 1 unspecified atom stereocenters. The van der Waals surface area contributed by atoms with E-state index in [2.05, 4.69) is 4.98 Å². The van der Waals surface area contributed by atoms with E-state index in [1.165, 1.54) is 23.8 Å². The second kappa shape index (κ2) is 6.71. The van der Waals surface area contributed by atoms with E-state index in [0.29, 0.717) is 23.6 Å². The van der Waals surface area contributed by atoms with E-state index in [4.69, 9.17) is 0 Å². The van der Waals surface area contributed by atoms with E-state index < -0.39 is 33.9 Å². The Hall–Kier alpha value is -2.10. The number of rotatable bonds is 5. The van der Waals surface area contributed by atoms with Gasteiger partial charge in [0.25, 0.3) is 5.56 Å². The van der Waals surface area contributed by atoms with Crippen molar-refractivity contribution >= 4 is 11.2 Å². The van der Waals surface area contributed by atoms with E-state index in [9.17, 15) is 27.9 Å². The summed E-state index contributed by atoms with van der Waals surface area (Å²) in [7, 11) is 1.57. The number of alkyl halides is 3. The number of aryl methyl sites for hydroxylation is 1. The van der Waals surface area contributed by atoms with Crippen molar-refractivity contribution in [1.82, 2.24) is 18.7 Å². The molecule has 7 nitrogen and oxygen atoms in total. The predicted octanol–water partition coefficient (Wildman–Crippen LogP) is 2.96. The molecule has 176 valence electrons. The smallest absolute Gasteiger partial charge is 0.380 e. The SMILES string of the molecule is Cn1c(=O)n(CC23CC(C(C)(O)C(F)(F)F)(C2)C3)c(=O)c2c1ncn2CC1CCCCC1. The molecule has 1 N–H and O–H groups in total. The maximum absolute atomic E-state index is 13.4. The number of hydrogen-bond acceptors (Lipinski definition) is 4. The lowest BCUT2D eigenvalue weighted by molar-refractivity contribution is -0.379. The third-order valence-corrected chi connectivity index (χ3v) is 8.50. The average Bonchev–Trinajstić information content (AvgIpc) is 3.07. The van der Waals surface area contributed by atoms with Crippen molar-refractivity contribution in [2.24, 2.45) is 23.8 Å². The summed E-state index contributed by atoms with van der Waals surface area (Å²) >= 11 is 0. The molecule has 1 atom stereocenters. The van der Waals surface area contributed by atoms with Gasteiger partial charge in [-0.2, -0.15) is 13.2 Å². The van der Waals surface area contributed by atoms with Gasteiger partial charge in [-0.1, -0.05) is 19.3 Å². The third-order valence-electron chi connectivity index (χ3n) is 8.50. The van der Waals surface area contributed by atoms with Gasteiger partial charge >= 0.3 is 11.9 Å². The van der Waals surface area contributed by atoms with Crippen molar-refractivity contribution in [2.45, 2.75) is 83.2 Å². The van der Waals surface area contributed by atoms with Crippen LogP contribution in [0.25, 0.3) is 11.2 Å². The molecular weight excluding hydrogens is 425 g/mol. The first-order valence-electron chi connectivity index (χ1n) is 11.3. The molecule has 0 spiro atoms. The lowest BCUT2D eigenvalue weighted by Gasteiger charge is -2.74. The summed E-state index contributed by atoms with van der Waals surface area (Å²) in [5.74, 6) is 0.466. The zero-order valence-corrected chi connectivity index (χ0v) is 18.4. The number of hydrogen-bond donors (Lipinski definition) is 1. The van der Waals surface area contributed by atoms with Crippen LogP contribution in [0.15, 0.2) is 15.9 Å². The first-order valence-corrected chi connectivity index (χ1v) is 11.3. The van der Waals surface area contributed by atoms with Gasteiger partial charge in [0.15, 0.2) is 16.8 Å². The van der Waals surface area contributed by atoms with Crippen molar-refractivity contribution in [1.29, 1.82) is 0 Å². The minimum Gasteiger partial charge on any atom is -0.380 e. The Kier molecular flexibility index (Phi) is 4.56. The quantitative estimate of drug-likeness (QED) is 0.753. The molecule has 2 aromatic heterocycles. The number of nitrogens with zero attached hydrogens (tertiary/aromatic N) is 4. The predicted molar refractivity (Wildman–Crippen MR) is 111 cm³/mol. The van der Waals surface area contributed by atoms with Gasteiger partial charge in [0.2, 0.25) is 0 Å². The van der Waals surface area contributed by atoms with E-state index in [1.807, 2.05) is 4.57 Å². The van der Waals surface area contributed by atoms with Crippen LogP contribution in [0.1, 0.15) is 58.3 Å². The average molecular weight is 454 g/mol. The molecule has 4 saturated carbocycles. The molecule has 0 aromatic carbocycles. The van der Waals surface area contributed by atoms with Gasteiger partial charge in [-0.05, 0) is 50.4 Å². The zero-order valence-electron chi connectivity index (χ0n) is 18.4. The Morgan fingerprint density at radius 1 is 1.16 bits per heavy atom. The second-order valence-corrected chi connectivity index (χ2v) is 10.7. The summed E-state index contributed by atoms with van der Waals surface area (Å²) in [5, 5.41) is 10.1. The Balaban J connectivity index is 1.44. The highest BCUT2D eigenvalue weighted by molar-refractivity contribution is 5.70. The Bertz CT molecular complexity index is 1160. The van der Waals surface area contributed by atoms with Crippen molar-refractivity contribution in [3.63, 3.8) is 0 Å². The summed E-state index contributed by atoms with van der Waals surface area (Å²) < 4.78 is 44.3. The van der Waals surface area contributed by atoms with E-state index >= 15 is 0 Å². The number of halogens is 3. The topological polar surface area (TPSA) is 82.0 Å². The van der Waals surface area contributed by atoms with Crippen LogP contribution in [-0.4, -0.2) is 35.6 Å². The highest BCUT2D eigenvalue weighted by atomic mass is 19.4. The molecule has 2 aromatic rings. The fraction of sp³-hybridized carbons (Fsp3) is 0.773. The van der Waals surface area contributed by atoms with Crippen LogP contribution in [-0.2, 0) is 20.1 Å². The second-order valence-electron chi connectivity index (χ2n) is 10.7. The normalized spacial score (nSPS) is 30.1. The number of imidazole rings is 1. The van der Waals surface area contributed by atoms with E-state index in [-0.39, 0.29) is 25.8 Å². The van der Waals surface area contributed by atoms with E-state index in [0.717, 1.165) is 24.3 Å². The van der Waals surface area contributed by atoms with Crippen molar-refractivity contribution in [2.75, 3.05) is 0 Å². The lowest BCUT2D eigenvalue weighted by Crippen LogP contribution is -2.75. The largest absolute Gasteiger partial charge is 0.417 e. The molecule has 2 bridgehead atoms. The van der Waals surface area contributed by atoms with Crippen LogP contribution in [0.5, 0.6) is 0 Å². The highest BCUT2D eigenvalue weighted by Crippen LogP contribution is 2.79. The molecule has 0 amide bonds. The van der Waals surface area contributed by atoms with Crippen molar-refractivity contribution in [3.05, 3.63) is 27.2 Å². The van der Waals surface area contributed by atoms with Gasteiger partial charge in [-0.15, -0.1) is 0 Å². The molecule has 10 heteroatoms. The maximum Gasteiger partial charge on any atom is 0.417 e. The summed E-state index contributed by atoms with van der Waals surface area (Å²) in [6.07, 6.45) is 3.14. The van der Waals surface area contributed by atoms with Gasteiger partial charge < -0.3 is 9.67 Å². The van der Waals surface area contributed by atoms with Gasteiger partial charge in [0.1, 0.15) is 0 Å². The number of aromatic nitrogens is 4. The Labute approximate surface area is 182 Å². The molecule has 0 aliphatic heterocycles. The standard InChI is InChI=1S/C22H29F3N4O3/c1-19(32,22(23,24)25)21-9-20(10-21,11-21)12-29-17(30)15-16(27(2)18(29)31)26-13-28(15)8-14-6-4-3-5-7-14/h13-14,32H,3-12H2,1-2H3. The fourth-order valence-corrected chi connectivity index (χ4v) is 6.57. The highest BCUT2D eigenvalue weighted by Gasteiger charge is 2.79. The van der Waals surface area contributed by atoms with Crippen LogP contribution in [0.3, 0.4) is 0 Å². The van der Waals surface area contributed by atoms with Gasteiger partial charge in [0.05, 0.1) is 6.33 Å². The lowest BCUT2D eigenvalue weighted by atomic mass is 9.31. The number of aliphatic hydroxyl groups is 1. The fourth-order valence-electron chi connectivity index (χ4n) is 6.57. The maximum atomic E-state index is 13.4. The molecule has 4 fully saturated rings. The van der Waals surface area contributed by atoms with Crippen LogP contribution >= 0.6 is 0 Å². The van der Waals surface area contributed by atoms with Gasteiger partial charge in [-0.25, -0.2) is 9.78 Å². The first-order chi connectivity index (χ1) is 14.9. The molecule has 32 heavy (non-hydrogen) atoms. The first kappa shape index (κ1) is 21.7. The molecule has 6 rings (SSSR count). The van der Waals surface area contributed by atoms with Crippen LogP contribution in [0.4, 0.5) is 13.2 Å². The minimum atomic E-state index is -4.71. The monoisotopic (exact) mass is 454 g/mol. The molecule has 4 aliphatic rings. The number of fused-ring (bicyclic) bond motifs is 1. The van der Waals surface area contributed by atoms with Gasteiger partial charge in [-0.3, -0.25) is 13.9 Å². The summed E-state index contributed by atoms with van der Waals surface area (Å²) in [5.41, 5.74) is -4.76. The third kappa shape index (κ3) is 2.87. The van der Waals surface area contributed by atoms with Gasteiger partial charge in [0, 0.05) is 25.6 Å². The van der Waals surface area contributed by atoms with E-state index in [1.54, 1.807) is 13.4 Å². The summed E-state index contributed by atoms with van der Waals surface area (Å²) in [6, 6.07) is 0. The Morgan fingerprint density at radius 2 is 1.78 bits per heavy atom. The van der Waals surface area contributed by atoms with Crippen molar-refractivity contribution < 1.29 is 18.3 Å². The Morgan fingerprint density at radius 3 is 2.38 bits per heavy atom. The summed E-state index contributed by atoms with van der Waals surface area (Å²) in [6.45, 7) is 1.57. The molecular formula is C22H29F3N4O3. The van der Waals surface area contributed by atoms with Crippen LogP contribution < -0.4 is 11.2 Å². The zero-order chi connectivity index (χ0) is 23.1. The molecule has 0 saturated heterocycles. The minimum absolute atomic E-state index is 0.0682. The van der Waals surface area contributed by atoms with Crippen molar-refractivity contribution in [3.8, 4) is 0 Å².